The first-order valence-corrected chi connectivity index (χ1v) is 10.6. The van der Waals surface area contributed by atoms with Crippen LogP contribution in [0.3, 0.4) is 0 Å². The summed E-state index contributed by atoms with van der Waals surface area (Å²) in [4.78, 5) is 28.0. The Hall–Kier alpha value is -3.12. The lowest BCUT2D eigenvalue weighted by Crippen LogP contribution is -2.27. The highest BCUT2D eigenvalue weighted by molar-refractivity contribution is 6.26. The van der Waals surface area contributed by atoms with E-state index >= 15 is 0 Å². The van der Waals surface area contributed by atoms with Crippen LogP contribution in [0.2, 0.25) is 0 Å². The lowest BCUT2D eigenvalue weighted by Gasteiger charge is -2.17. The predicted octanol–water partition coefficient (Wildman–Crippen LogP) is 3.69. The number of carbonyl (C=O) groups excluding carboxylic acids is 2. The molecule has 0 bridgehead atoms. The average molecular weight is 402 g/mol. The van der Waals surface area contributed by atoms with Crippen LogP contribution >= 0.6 is 0 Å². The minimum Gasteiger partial charge on any atom is -0.352 e. The van der Waals surface area contributed by atoms with Gasteiger partial charge in [0.25, 0.3) is 5.91 Å². The summed E-state index contributed by atoms with van der Waals surface area (Å²) >= 11 is 0. The predicted molar refractivity (Wildman–Crippen MR) is 118 cm³/mol. The van der Waals surface area contributed by atoms with Crippen LogP contribution in [0.1, 0.15) is 53.0 Å². The molecule has 154 valence electrons. The topological polar surface area (TPSA) is 75.2 Å². The maximum absolute atomic E-state index is 13.0. The first-order chi connectivity index (χ1) is 14.6. The lowest BCUT2D eigenvalue weighted by molar-refractivity contribution is 0.0951. The van der Waals surface area contributed by atoms with Gasteiger partial charge in [0.1, 0.15) is 5.69 Å². The Balaban J connectivity index is 1.50. The van der Waals surface area contributed by atoms with E-state index in [1.54, 1.807) is 24.3 Å². The van der Waals surface area contributed by atoms with Gasteiger partial charge in [0, 0.05) is 28.6 Å². The minimum absolute atomic E-state index is 0.0607. The van der Waals surface area contributed by atoms with Crippen molar-refractivity contribution in [2.75, 3.05) is 26.2 Å². The molecule has 30 heavy (non-hydrogen) atoms. The van der Waals surface area contributed by atoms with E-state index < -0.39 is 0 Å². The smallest absolute Gasteiger partial charge is 0.251 e. The third kappa shape index (κ3) is 3.71. The number of rotatable bonds is 8. The largest absolute Gasteiger partial charge is 0.352 e. The van der Waals surface area contributed by atoms with Crippen LogP contribution in [-0.2, 0) is 0 Å². The fourth-order valence-electron chi connectivity index (χ4n) is 3.99. The number of carbonyl (C=O) groups is 2. The number of nitrogens with zero attached hydrogens (tertiary/aromatic N) is 3. The number of aromatic nitrogens is 2. The van der Waals surface area contributed by atoms with E-state index in [1.807, 2.05) is 18.2 Å². The second-order valence-electron chi connectivity index (χ2n) is 7.52. The van der Waals surface area contributed by atoms with Gasteiger partial charge in [-0.25, -0.2) is 0 Å². The van der Waals surface area contributed by atoms with Gasteiger partial charge in [-0.1, -0.05) is 38.1 Å². The van der Waals surface area contributed by atoms with Crippen molar-refractivity contribution < 1.29 is 9.59 Å². The molecule has 0 saturated heterocycles. The fourth-order valence-corrected chi connectivity index (χ4v) is 3.99. The highest BCUT2D eigenvalue weighted by Gasteiger charge is 2.30. The summed E-state index contributed by atoms with van der Waals surface area (Å²) in [5.74, 6) is -0.192. The SMILES string of the molecule is CCN(CC)CCCCNC(=O)c1ccc2nnc3c(c2c1)C(=O)c1ccccc1-3. The number of nitrogens with one attached hydrogen (secondary N) is 1. The van der Waals surface area contributed by atoms with Crippen LogP contribution in [0, 0.1) is 0 Å². The Labute approximate surface area is 176 Å². The molecule has 1 heterocycles. The molecular weight excluding hydrogens is 376 g/mol. The van der Waals surface area contributed by atoms with Crippen molar-refractivity contribution >= 4 is 22.6 Å². The molecule has 0 aliphatic heterocycles. The van der Waals surface area contributed by atoms with E-state index in [0.29, 0.717) is 39.8 Å². The van der Waals surface area contributed by atoms with E-state index in [0.717, 1.165) is 38.0 Å². The van der Waals surface area contributed by atoms with Crippen LogP contribution in [-0.4, -0.2) is 53.0 Å². The van der Waals surface area contributed by atoms with Crippen molar-refractivity contribution in [1.29, 1.82) is 0 Å². The fraction of sp³-hybridized carbons (Fsp3) is 0.333. The zero-order valence-corrected chi connectivity index (χ0v) is 17.4. The third-order valence-electron chi connectivity index (χ3n) is 5.76. The van der Waals surface area contributed by atoms with Crippen molar-refractivity contribution in [3.8, 4) is 11.3 Å². The van der Waals surface area contributed by atoms with Gasteiger partial charge in [-0.15, -0.1) is 10.2 Å². The highest BCUT2D eigenvalue weighted by atomic mass is 16.1. The van der Waals surface area contributed by atoms with Gasteiger partial charge in [-0.05, 0) is 50.7 Å². The molecule has 1 amide bonds. The maximum atomic E-state index is 13.0. The van der Waals surface area contributed by atoms with Crippen molar-refractivity contribution in [3.05, 3.63) is 59.2 Å². The first-order valence-electron chi connectivity index (χ1n) is 10.6. The molecule has 1 N–H and O–H groups in total. The molecule has 0 spiro atoms. The van der Waals surface area contributed by atoms with Gasteiger partial charge in [0.2, 0.25) is 0 Å². The number of ketones is 1. The number of hydrogen-bond donors (Lipinski definition) is 1. The Morgan fingerprint density at radius 3 is 2.53 bits per heavy atom. The molecule has 0 fully saturated rings. The molecule has 1 aliphatic carbocycles. The Morgan fingerprint density at radius 1 is 1.00 bits per heavy atom. The molecule has 3 aromatic rings. The molecule has 6 nitrogen and oxygen atoms in total. The monoisotopic (exact) mass is 402 g/mol. The molecule has 0 radical (unpaired) electrons. The average Bonchev–Trinajstić information content (AvgIpc) is 3.08. The summed E-state index contributed by atoms with van der Waals surface area (Å²) in [5.41, 5.74) is 3.72. The molecule has 4 rings (SSSR count). The minimum atomic E-state index is -0.131. The first kappa shape index (κ1) is 20.2. The quantitative estimate of drug-likeness (QED) is 0.455. The number of benzene rings is 2. The van der Waals surface area contributed by atoms with Crippen LogP contribution in [0.4, 0.5) is 0 Å². The maximum Gasteiger partial charge on any atom is 0.251 e. The van der Waals surface area contributed by atoms with E-state index in [-0.39, 0.29) is 11.7 Å². The molecular formula is C24H26N4O2. The Morgan fingerprint density at radius 2 is 1.77 bits per heavy atom. The van der Waals surface area contributed by atoms with Crippen LogP contribution in [0.5, 0.6) is 0 Å². The van der Waals surface area contributed by atoms with Gasteiger partial charge in [-0.3, -0.25) is 9.59 Å². The summed E-state index contributed by atoms with van der Waals surface area (Å²) in [7, 11) is 0. The van der Waals surface area contributed by atoms with E-state index in [4.69, 9.17) is 0 Å². The number of amides is 1. The molecule has 2 aromatic carbocycles. The summed E-state index contributed by atoms with van der Waals surface area (Å²) < 4.78 is 0. The van der Waals surface area contributed by atoms with Gasteiger partial charge in [0.15, 0.2) is 5.78 Å². The molecule has 6 heteroatoms. The molecule has 0 unspecified atom stereocenters. The second kappa shape index (κ2) is 8.71. The van der Waals surface area contributed by atoms with Crippen molar-refractivity contribution in [2.45, 2.75) is 26.7 Å². The molecule has 1 aromatic heterocycles. The van der Waals surface area contributed by atoms with Crippen molar-refractivity contribution in [2.24, 2.45) is 0 Å². The van der Waals surface area contributed by atoms with Gasteiger partial charge < -0.3 is 10.2 Å². The number of unbranched alkanes of at least 4 members (excludes halogenated alkanes) is 1. The Bertz CT molecular complexity index is 1110. The molecule has 0 atom stereocenters. The standard InChI is InChI=1S/C24H26N4O2/c1-3-28(4-2)14-8-7-13-25-24(30)16-11-12-20-19(15-16)21-22(27-26-20)17-9-5-6-10-18(17)23(21)29/h5-6,9-12,15H,3-4,7-8,13-14H2,1-2H3,(H,25,30). The molecule has 1 aliphatic rings. The summed E-state index contributed by atoms with van der Waals surface area (Å²) in [6.07, 6.45) is 1.99. The van der Waals surface area contributed by atoms with Crippen LogP contribution in [0.25, 0.3) is 22.2 Å². The number of fused-ring (bicyclic) bond motifs is 5. The van der Waals surface area contributed by atoms with E-state index in [2.05, 4.69) is 34.3 Å². The summed E-state index contributed by atoms with van der Waals surface area (Å²) in [5, 5.41) is 12.2. The van der Waals surface area contributed by atoms with E-state index in [1.165, 1.54) is 0 Å². The molecule has 0 saturated carbocycles. The zero-order valence-electron chi connectivity index (χ0n) is 17.4. The highest BCUT2D eigenvalue weighted by Crippen LogP contribution is 2.37. The lowest BCUT2D eigenvalue weighted by atomic mass is 10.0. The van der Waals surface area contributed by atoms with Gasteiger partial charge >= 0.3 is 0 Å². The zero-order chi connectivity index (χ0) is 21.1. The van der Waals surface area contributed by atoms with Crippen LogP contribution < -0.4 is 5.32 Å². The summed E-state index contributed by atoms with van der Waals surface area (Å²) in [6, 6.07) is 12.7. The van der Waals surface area contributed by atoms with Crippen molar-refractivity contribution in [3.63, 3.8) is 0 Å². The second-order valence-corrected chi connectivity index (χ2v) is 7.52. The van der Waals surface area contributed by atoms with Gasteiger partial charge in [0.05, 0.1) is 11.1 Å². The van der Waals surface area contributed by atoms with E-state index in [9.17, 15) is 9.59 Å². The van der Waals surface area contributed by atoms with Crippen molar-refractivity contribution in [1.82, 2.24) is 20.4 Å². The summed E-state index contributed by atoms with van der Waals surface area (Å²) in [6.45, 7) is 8.11. The third-order valence-corrected chi connectivity index (χ3v) is 5.76. The van der Waals surface area contributed by atoms with Gasteiger partial charge in [-0.2, -0.15) is 0 Å². The number of hydrogen-bond acceptors (Lipinski definition) is 5. The Kier molecular flexibility index (Phi) is 5.86. The van der Waals surface area contributed by atoms with Crippen LogP contribution in [0.15, 0.2) is 42.5 Å². The normalized spacial score (nSPS) is 12.3.